The number of carbonyl (C=O) groups excluding carboxylic acids is 1. The number of hydrogen-bond acceptors (Lipinski definition) is 3. The number of aldehydes is 1. The molecule has 0 radical (unpaired) electrons. The van der Waals surface area contributed by atoms with Crippen LogP contribution in [0.25, 0.3) is 0 Å². The Morgan fingerprint density at radius 2 is 2.08 bits per heavy atom. The first-order chi connectivity index (χ1) is 6.13. The second-order valence-electron chi connectivity index (χ2n) is 3.05. The zero-order chi connectivity index (χ0) is 9.47. The van der Waals surface area contributed by atoms with E-state index in [0.29, 0.717) is 16.9 Å². The summed E-state index contributed by atoms with van der Waals surface area (Å²) in [4.78, 5) is 10.8. The average molecular weight is 196 g/mol. The third kappa shape index (κ3) is 1.27. The number of aryl methyl sites for hydroxylation is 1. The number of benzene rings is 1. The molecule has 0 spiro atoms. The third-order valence-corrected chi connectivity index (χ3v) is 4.01. The fourth-order valence-electron chi connectivity index (χ4n) is 1.53. The molecule has 0 amide bonds. The Kier molecular flexibility index (Phi) is 1.73. The van der Waals surface area contributed by atoms with Crippen molar-refractivity contribution in [1.82, 2.24) is 0 Å². The highest BCUT2D eigenvalue weighted by Gasteiger charge is 2.25. The van der Waals surface area contributed by atoms with Crippen LogP contribution in [0.2, 0.25) is 0 Å². The maximum absolute atomic E-state index is 11.4. The maximum Gasteiger partial charge on any atom is 0.178 e. The summed E-state index contributed by atoms with van der Waals surface area (Å²) in [6.45, 7) is 0. The molecule has 0 saturated carbocycles. The molecular formula is C9H8O3S. The van der Waals surface area contributed by atoms with E-state index in [9.17, 15) is 13.2 Å². The van der Waals surface area contributed by atoms with Gasteiger partial charge in [-0.1, -0.05) is 6.07 Å². The van der Waals surface area contributed by atoms with E-state index in [1.807, 2.05) is 0 Å². The van der Waals surface area contributed by atoms with Crippen LogP contribution >= 0.6 is 0 Å². The van der Waals surface area contributed by atoms with Crippen LogP contribution in [-0.4, -0.2) is 20.5 Å². The van der Waals surface area contributed by atoms with Crippen molar-refractivity contribution in [3.05, 3.63) is 29.3 Å². The van der Waals surface area contributed by atoms with E-state index in [2.05, 4.69) is 0 Å². The fraction of sp³-hybridized carbons (Fsp3) is 0.222. The Hall–Kier alpha value is -1.16. The van der Waals surface area contributed by atoms with Crippen molar-refractivity contribution >= 4 is 16.1 Å². The molecule has 13 heavy (non-hydrogen) atoms. The van der Waals surface area contributed by atoms with E-state index in [4.69, 9.17) is 0 Å². The summed E-state index contributed by atoms with van der Waals surface area (Å²) in [5.74, 6) is 0.171. The third-order valence-electron chi connectivity index (χ3n) is 2.20. The van der Waals surface area contributed by atoms with E-state index in [1.165, 1.54) is 12.1 Å². The molecule has 3 nitrogen and oxygen atoms in total. The van der Waals surface area contributed by atoms with Crippen molar-refractivity contribution in [1.29, 1.82) is 0 Å². The van der Waals surface area contributed by atoms with E-state index in [-0.39, 0.29) is 5.75 Å². The van der Waals surface area contributed by atoms with Crippen molar-refractivity contribution in [2.45, 2.75) is 11.3 Å². The van der Waals surface area contributed by atoms with Gasteiger partial charge in [0.2, 0.25) is 0 Å². The topological polar surface area (TPSA) is 51.2 Å². The fourth-order valence-corrected chi connectivity index (χ4v) is 3.07. The molecule has 0 unspecified atom stereocenters. The summed E-state index contributed by atoms with van der Waals surface area (Å²) >= 11 is 0. The lowest BCUT2D eigenvalue weighted by Crippen LogP contribution is -1.98. The predicted molar refractivity (Wildman–Crippen MR) is 47.6 cm³/mol. The van der Waals surface area contributed by atoms with Gasteiger partial charge >= 0.3 is 0 Å². The molecule has 68 valence electrons. The van der Waals surface area contributed by atoms with Crippen LogP contribution in [0.15, 0.2) is 23.1 Å². The minimum atomic E-state index is -3.05. The predicted octanol–water partition coefficient (Wildman–Crippen LogP) is 0.829. The van der Waals surface area contributed by atoms with Gasteiger partial charge in [-0.05, 0) is 24.1 Å². The Balaban J connectivity index is 2.65. The first kappa shape index (κ1) is 8.44. The second-order valence-corrected chi connectivity index (χ2v) is 5.13. The van der Waals surface area contributed by atoms with Crippen LogP contribution in [0, 0.1) is 0 Å². The zero-order valence-corrected chi connectivity index (χ0v) is 7.67. The normalized spacial score (nSPS) is 18.2. The minimum Gasteiger partial charge on any atom is -0.298 e. The molecule has 0 saturated heterocycles. The SMILES string of the molecule is O=Cc1ccc2c(c1)CCS2(=O)=O. The number of hydrogen-bond donors (Lipinski definition) is 0. The molecular weight excluding hydrogens is 188 g/mol. The van der Waals surface area contributed by atoms with Gasteiger partial charge in [0, 0.05) is 5.56 Å². The molecule has 2 rings (SSSR count). The highest BCUT2D eigenvalue weighted by molar-refractivity contribution is 7.91. The van der Waals surface area contributed by atoms with E-state index in [1.54, 1.807) is 6.07 Å². The molecule has 1 heterocycles. The van der Waals surface area contributed by atoms with Gasteiger partial charge in [-0.25, -0.2) is 8.42 Å². The number of rotatable bonds is 1. The lowest BCUT2D eigenvalue weighted by atomic mass is 10.1. The van der Waals surface area contributed by atoms with Crippen molar-refractivity contribution in [3.8, 4) is 0 Å². The molecule has 0 N–H and O–H groups in total. The van der Waals surface area contributed by atoms with Crippen LogP contribution in [0.3, 0.4) is 0 Å². The van der Waals surface area contributed by atoms with Crippen LogP contribution < -0.4 is 0 Å². The first-order valence-electron chi connectivity index (χ1n) is 3.94. The molecule has 1 aliphatic rings. The molecule has 0 bridgehead atoms. The summed E-state index contributed by atoms with van der Waals surface area (Å²) in [5.41, 5.74) is 1.31. The zero-order valence-electron chi connectivity index (χ0n) is 6.86. The van der Waals surface area contributed by atoms with Gasteiger partial charge in [0.25, 0.3) is 0 Å². The lowest BCUT2D eigenvalue weighted by Gasteiger charge is -1.97. The smallest absolute Gasteiger partial charge is 0.178 e. The standard InChI is InChI=1S/C9H8O3S/c10-6-7-1-2-9-8(5-7)3-4-13(9,11)12/h1-2,5-6H,3-4H2. The Labute approximate surface area is 76.3 Å². The summed E-state index contributed by atoms with van der Waals surface area (Å²) in [6.07, 6.45) is 1.25. The van der Waals surface area contributed by atoms with Crippen LogP contribution in [-0.2, 0) is 16.3 Å². The maximum atomic E-state index is 11.4. The van der Waals surface area contributed by atoms with Crippen LogP contribution in [0.4, 0.5) is 0 Å². The van der Waals surface area contributed by atoms with Gasteiger partial charge in [0.1, 0.15) is 6.29 Å². The number of carbonyl (C=O) groups is 1. The van der Waals surface area contributed by atoms with Crippen molar-refractivity contribution in [2.75, 3.05) is 5.75 Å². The Bertz CT molecular complexity index is 460. The summed E-state index contributed by atoms with van der Waals surface area (Å²) in [5, 5.41) is 0. The number of sulfone groups is 1. The summed E-state index contributed by atoms with van der Waals surface area (Å²) in [6, 6.07) is 4.70. The lowest BCUT2D eigenvalue weighted by molar-refractivity contribution is 0.112. The van der Waals surface area contributed by atoms with E-state index in [0.717, 1.165) is 11.8 Å². The monoisotopic (exact) mass is 196 g/mol. The molecule has 0 aliphatic carbocycles. The molecule has 4 heteroatoms. The van der Waals surface area contributed by atoms with Gasteiger partial charge < -0.3 is 0 Å². The van der Waals surface area contributed by atoms with Gasteiger partial charge in [0.15, 0.2) is 9.84 Å². The second kappa shape index (κ2) is 2.67. The van der Waals surface area contributed by atoms with Crippen molar-refractivity contribution < 1.29 is 13.2 Å². The highest BCUT2D eigenvalue weighted by atomic mass is 32.2. The van der Waals surface area contributed by atoms with Crippen molar-refractivity contribution in [3.63, 3.8) is 0 Å². The van der Waals surface area contributed by atoms with E-state index < -0.39 is 9.84 Å². The molecule has 0 atom stereocenters. The molecule has 1 aromatic rings. The minimum absolute atomic E-state index is 0.171. The Morgan fingerprint density at radius 3 is 2.77 bits per heavy atom. The average Bonchev–Trinajstić information content (AvgIpc) is 2.42. The van der Waals surface area contributed by atoms with Gasteiger partial charge in [-0.15, -0.1) is 0 Å². The van der Waals surface area contributed by atoms with Gasteiger partial charge in [-0.2, -0.15) is 0 Å². The summed E-state index contributed by atoms with van der Waals surface area (Å²) in [7, 11) is -3.05. The number of fused-ring (bicyclic) bond motifs is 1. The largest absolute Gasteiger partial charge is 0.298 e. The molecule has 1 aliphatic heterocycles. The van der Waals surface area contributed by atoms with Crippen molar-refractivity contribution in [2.24, 2.45) is 0 Å². The molecule has 1 aromatic carbocycles. The quantitative estimate of drug-likeness (QED) is 0.625. The van der Waals surface area contributed by atoms with Gasteiger partial charge in [0.05, 0.1) is 10.6 Å². The van der Waals surface area contributed by atoms with E-state index >= 15 is 0 Å². The first-order valence-corrected chi connectivity index (χ1v) is 5.59. The summed E-state index contributed by atoms with van der Waals surface area (Å²) < 4.78 is 22.7. The Morgan fingerprint density at radius 1 is 1.31 bits per heavy atom. The van der Waals surface area contributed by atoms with Gasteiger partial charge in [-0.3, -0.25) is 4.79 Å². The van der Waals surface area contributed by atoms with Crippen LogP contribution in [0.5, 0.6) is 0 Å². The highest BCUT2D eigenvalue weighted by Crippen LogP contribution is 2.25. The molecule has 0 fully saturated rings. The van der Waals surface area contributed by atoms with Crippen LogP contribution in [0.1, 0.15) is 15.9 Å². The molecule has 0 aromatic heterocycles.